The number of rotatable bonds is 17. The van der Waals surface area contributed by atoms with Crippen LogP contribution in [-0.2, 0) is 46.5 Å². The summed E-state index contributed by atoms with van der Waals surface area (Å²) in [6.45, 7) is 5.18. The molecule has 9 N–H and O–H groups in total. The third kappa shape index (κ3) is 10.4. The third-order valence-electron chi connectivity index (χ3n) is 8.46. The average Bonchev–Trinajstić information content (AvgIpc) is 3.79. The highest BCUT2D eigenvalue weighted by molar-refractivity contribution is 7.47. The van der Waals surface area contributed by atoms with Gasteiger partial charge in [-0.25, -0.2) is 33.7 Å². The normalized spacial score (nSPS) is 25.8. The van der Waals surface area contributed by atoms with Crippen molar-refractivity contribution in [1.29, 1.82) is 0 Å². The van der Waals surface area contributed by atoms with Crippen molar-refractivity contribution in [2.75, 3.05) is 24.7 Å². The van der Waals surface area contributed by atoms with Crippen LogP contribution in [0, 0.1) is 5.92 Å². The second kappa shape index (κ2) is 17.3. The predicted molar refractivity (Wildman–Crippen MR) is 186 cm³/mol. The lowest BCUT2D eigenvalue weighted by molar-refractivity contribution is -0.161. The zero-order valence-electron chi connectivity index (χ0n) is 29.3. The SMILES string of the molecule is C=CCCC(=O)N[C@H](C(=O)O[C@H]1[C@@H](O)[C@H](n2cnc3c(N)ncnc32)O[C@@H]1COP(=O)(O)O[C@H]1C[C@H](n2ccc(N)nc2=O)O[C@@H]1COP(=O)(O)O)C(C)C. The van der Waals surface area contributed by atoms with Crippen molar-refractivity contribution in [2.45, 2.75) is 82.1 Å². The minimum atomic E-state index is -5.18. The number of phosphoric acid groups is 2. The van der Waals surface area contributed by atoms with Crippen molar-refractivity contribution < 1.29 is 66.3 Å². The topological polar surface area (TPSA) is 347 Å². The number of hydrogen-bond acceptors (Lipinski definition) is 18. The van der Waals surface area contributed by atoms with Crippen molar-refractivity contribution in [3.8, 4) is 0 Å². The maximum atomic E-state index is 13.5. The molecule has 0 spiro atoms. The minimum Gasteiger partial charge on any atom is -0.455 e. The molecule has 55 heavy (non-hydrogen) atoms. The molecular formula is C29H41N9O15P2. The molecule has 1 amide bonds. The van der Waals surface area contributed by atoms with E-state index in [1.54, 1.807) is 13.8 Å². The van der Waals surface area contributed by atoms with Crippen molar-refractivity contribution in [3.63, 3.8) is 0 Å². The van der Waals surface area contributed by atoms with E-state index >= 15 is 0 Å². The maximum Gasteiger partial charge on any atom is 0.472 e. The second-order valence-corrected chi connectivity index (χ2v) is 15.4. The van der Waals surface area contributed by atoms with Gasteiger partial charge in [-0.15, -0.1) is 6.58 Å². The Morgan fingerprint density at radius 2 is 1.84 bits per heavy atom. The second-order valence-electron chi connectivity index (χ2n) is 12.8. The molecule has 24 nitrogen and oxygen atoms in total. The van der Waals surface area contributed by atoms with E-state index in [4.69, 9.17) is 34.7 Å². The highest BCUT2D eigenvalue weighted by atomic mass is 31.2. The van der Waals surface area contributed by atoms with Crippen LogP contribution in [0.3, 0.4) is 0 Å². The van der Waals surface area contributed by atoms with E-state index in [1.807, 2.05) is 0 Å². The number of nitrogens with zero attached hydrogens (tertiary/aromatic N) is 6. The Hall–Kier alpha value is -4.19. The van der Waals surface area contributed by atoms with Gasteiger partial charge in [0.1, 0.15) is 54.3 Å². The Bertz CT molecular complexity index is 2030. The molecule has 0 aromatic carbocycles. The lowest BCUT2D eigenvalue weighted by Gasteiger charge is -2.26. The molecule has 0 aliphatic carbocycles. The predicted octanol–water partition coefficient (Wildman–Crippen LogP) is -0.576. The fourth-order valence-corrected chi connectivity index (χ4v) is 7.09. The Labute approximate surface area is 311 Å². The summed E-state index contributed by atoms with van der Waals surface area (Å²) in [6, 6.07) is 0.104. The van der Waals surface area contributed by atoms with Crippen molar-refractivity contribution in [2.24, 2.45) is 5.92 Å². The lowest BCUT2D eigenvalue weighted by atomic mass is 10.0. The molecule has 1 unspecified atom stereocenters. The van der Waals surface area contributed by atoms with Crippen molar-refractivity contribution >= 4 is 50.3 Å². The smallest absolute Gasteiger partial charge is 0.455 e. The molecule has 0 saturated carbocycles. The first-order chi connectivity index (χ1) is 25.9. The summed E-state index contributed by atoms with van der Waals surface area (Å²) in [5.41, 5.74) is 10.9. The van der Waals surface area contributed by atoms with E-state index in [2.05, 4.69) is 36.4 Å². The summed E-state index contributed by atoms with van der Waals surface area (Å²) in [5, 5.41) is 14.1. The van der Waals surface area contributed by atoms with Crippen LogP contribution in [0.1, 0.15) is 45.6 Å². The van der Waals surface area contributed by atoms with Gasteiger partial charge in [0.2, 0.25) is 5.91 Å². The molecule has 0 bridgehead atoms. The quantitative estimate of drug-likeness (QED) is 0.0509. The fraction of sp³-hybridized carbons (Fsp3) is 0.552. The number of aromatic nitrogens is 6. The summed E-state index contributed by atoms with van der Waals surface area (Å²) < 4.78 is 59.6. The molecule has 26 heteroatoms. The van der Waals surface area contributed by atoms with E-state index < -0.39 is 101 Å². The molecule has 2 aliphatic heterocycles. The van der Waals surface area contributed by atoms with E-state index in [1.165, 1.54) is 29.2 Å². The minimum absolute atomic E-state index is 0.0181. The third-order valence-corrected chi connectivity index (χ3v) is 9.95. The zero-order valence-corrected chi connectivity index (χ0v) is 31.1. The Kier molecular flexibility index (Phi) is 13.2. The first-order valence-electron chi connectivity index (χ1n) is 16.6. The number of aliphatic hydroxyl groups excluding tert-OH is 1. The number of imidazole rings is 1. The van der Waals surface area contributed by atoms with Crippen LogP contribution in [0.5, 0.6) is 0 Å². The number of anilines is 2. The number of nitrogen functional groups attached to an aromatic ring is 2. The summed E-state index contributed by atoms with van der Waals surface area (Å²) in [6.07, 6.45) is -5.01. The van der Waals surface area contributed by atoms with Gasteiger partial charge in [0, 0.05) is 19.0 Å². The summed E-state index contributed by atoms with van der Waals surface area (Å²) in [4.78, 5) is 83.6. The van der Waals surface area contributed by atoms with Gasteiger partial charge in [-0.1, -0.05) is 19.9 Å². The molecule has 0 radical (unpaired) electrons. The molecule has 5 rings (SSSR count). The summed E-state index contributed by atoms with van der Waals surface area (Å²) in [5.74, 6) is -1.98. The van der Waals surface area contributed by atoms with E-state index in [-0.39, 0.29) is 35.6 Å². The van der Waals surface area contributed by atoms with Gasteiger partial charge in [-0.2, -0.15) is 4.98 Å². The van der Waals surface area contributed by atoms with Crippen LogP contribution in [-0.4, -0.2) is 111 Å². The standard InChI is InChI=1S/C29H41N9O15P2/c1-4-5-6-19(39)36-21(14(2)3)28(41)52-24-17(51-27(23(24)40)38-13-34-22-25(31)32-12-33-26(22)38)11-49-55(46,47)53-15-9-20(37-8-7-18(30)35-29(37)42)50-16(15)10-48-54(43,44)45/h4,7-8,12-17,20-21,23-24,27,40H,1,5-6,9-11H2,2-3H3,(H,36,39)(H,46,47)(H2,30,35,42)(H2,31,32,33)(H2,43,44,45)/t15-,16+,17+,20+,21-,23+,24+,27+/m0/s1. The highest BCUT2D eigenvalue weighted by Gasteiger charge is 2.50. The van der Waals surface area contributed by atoms with Gasteiger partial charge in [0.15, 0.2) is 23.8 Å². The zero-order chi connectivity index (χ0) is 40.2. The Morgan fingerprint density at radius 1 is 1.11 bits per heavy atom. The van der Waals surface area contributed by atoms with Gasteiger partial charge in [0.05, 0.1) is 19.5 Å². The average molecular weight is 818 g/mol. The van der Waals surface area contributed by atoms with Crippen molar-refractivity contribution in [1.82, 2.24) is 34.4 Å². The number of nitrogens with one attached hydrogen (secondary N) is 1. The molecule has 3 aromatic rings. The van der Waals surface area contributed by atoms with Gasteiger partial charge in [-0.3, -0.25) is 27.5 Å². The number of ether oxygens (including phenoxy) is 3. The fourth-order valence-electron chi connectivity index (χ4n) is 5.79. The lowest BCUT2D eigenvalue weighted by Crippen LogP contribution is -2.48. The molecule has 3 aromatic heterocycles. The van der Waals surface area contributed by atoms with Gasteiger partial charge in [0.25, 0.3) is 0 Å². The number of allylic oxidation sites excluding steroid dienone is 1. The number of phosphoric ester groups is 2. The van der Waals surface area contributed by atoms with Gasteiger partial charge < -0.3 is 50.8 Å². The van der Waals surface area contributed by atoms with Gasteiger partial charge >= 0.3 is 27.3 Å². The summed E-state index contributed by atoms with van der Waals surface area (Å²) in [7, 11) is -10.2. The van der Waals surface area contributed by atoms with Crippen LogP contribution >= 0.6 is 15.6 Å². The molecule has 2 fully saturated rings. The maximum absolute atomic E-state index is 13.5. The molecule has 9 atom stereocenters. The van der Waals surface area contributed by atoms with Crippen LogP contribution in [0.25, 0.3) is 11.2 Å². The van der Waals surface area contributed by atoms with Crippen LogP contribution in [0.15, 0.2) is 42.4 Å². The number of amides is 1. The first-order valence-corrected chi connectivity index (χ1v) is 19.6. The van der Waals surface area contributed by atoms with E-state index in [9.17, 15) is 43.3 Å². The summed E-state index contributed by atoms with van der Waals surface area (Å²) >= 11 is 0. The number of nitrogens with two attached hydrogens (primary N) is 2. The Balaban J connectivity index is 1.36. The number of carbonyl (C=O) groups excluding carboxylic acids is 2. The van der Waals surface area contributed by atoms with E-state index in [0.29, 0.717) is 6.42 Å². The number of fused-ring (bicyclic) bond motifs is 1. The molecule has 5 heterocycles. The van der Waals surface area contributed by atoms with Gasteiger partial charge in [-0.05, 0) is 18.4 Å². The number of carbonyl (C=O) groups is 2. The first kappa shape index (κ1) is 42.0. The van der Waals surface area contributed by atoms with Crippen LogP contribution in [0.2, 0.25) is 0 Å². The molecule has 2 saturated heterocycles. The number of hydrogen-bond donors (Lipinski definition) is 7. The highest BCUT2D eigenvalue weighted by Crippen LogP contribution is 2.50. The monoisotopic (exact) mass is 817 g/mol. The van der Waals surface area contributed by atoms with Crippen LogP contribution in [0.4, 0.5) is 11.6 Å². The van der Waals surface area contributed by atoms with E-state index in [0.717, 1.165) is 10.9 Å². The molecule has 302 valence electrons. The molecule has 2 aliphatic rings. The number of aliphatic hydroxyl groups is 1. The Morgan fingerprint density at radius 3 is 2.51 bits per heavy atom. The van der Waals surface area contributed by atoms with Crippen molar-refractivity contribution in [3.05, 3.63) is 48.1 Å². The number of esters is 1. The van der Waals surface area contributed by atoms with Crippen LogP contribution < -0.4 is 22.5 Å². The molecular weight excluding hydrogens is 776 g/mol. The largest absolute Gasteiger partial charge is 0.472 e.